The Kier molecular flexibility index (Phi) is 5.66. The summed E-state index contributed by atoms with van der Waals surface area (Å²) in [6, 6.07) is 17.7. The third kappa shape index (κ3) is 4.13. The number of nitrogens with zero attached hydrogens (tertiary/aromatic N) is 6. The number of benzene rings is 2. The maximum absolute atomic E-state index is 13.5. The van der Waals surface area contributed by atoms with Crippen molar-refractivity contribution in [2.24, 2.45) is 0 Å². The molecule has 0 bridgehead atoms. The molecule has 0 N–H and O–H groups in total. The zero-order valence-electron chi connectivity index (χ0n) is 17.6. The molecule has 2 aliphatic rings. The Hall–Kier alpha value is -3.18. The van der Waals surface area contributed by atoms with Crippen molar-refractivity contribution in [3.05, 3.63) is 70.0 Å². The predicted molar refractivity (Wildman–Crippen MR) is 125 cm³/mol. The number of hydrogen-bond donors (Lipinski definition) is 0. The molecular formula is C24H23BrN6O. The molecule has 0 atom stereocenters. The molecule has 5 rings (SSSR count). The number of nitriles is 1. The highest BCUT2D eigenvalue weighted by molar-refractivity contribution is 9.10. The Labute approximate surface area is 195 Å². The predicted octanol–water partition coefficient (Wildman–Crippen LogP) is 4.13. The molecule has 1 aromatic heterocycles. The summed E-state index contributed by atoms with van der Waals surface area (Å²) in [4.78, 5) is 17.7. The number of hydrogen-bond acceptors (Lipinski definition) is 5. The van der Waals surface area contributed by atoms with E-state index < -0.39 is 0 Å². The van der Waals surface area contributed by atoms with E-state index in [1.807, 2.05) is 58.1 Å². The second-order valence-electron chi connectivity index (χ2n) is 8.28. The molecular weight excluding hydrogens is 468 g/mol. The van der Waals surface area contributed by atoms with Crippen LogP contribution in [0, 0.1) is 11.3 Å². The van der Waals surface area contributed by atoms with Gasteiger partial charge in [-0.15, -0.1) is 5.10 Å². The maximum atomic E-state index is 13.5. The fraction of sp³-hybridized carbons (Fsp3) is 0.333. The third-order valence-electron chi connectivity index (χ3n) is 6.09. The van der Waals surface area contributed by atoms with E-state index in [0.717, 1.165) is 53.9 Å². The molecule has 32 heavy (non-hydrogen) atoms. The summed E-state index contributed by atoms with van der Waals surface area (Å²) in [6.45, 7) is 2.95. The lowest BCUT2D eigenvalue weighted by Gasteiger charge is -2.23. The van der Waals surface area contributed by atoms with Crippen molar-refractivity contribution in [1.82, 2.24) is 19.9 Å². The molecule has 1 saturated heterocycles. The Morgan fingerprint density at radius 3 is 2.38 bits per heavy atom. The van der Waals surface area contributed by atoms with Crippen molar-refractivity contribution in [3.63, 3.8) is 0 Å². The molecule has 2 aromatic carbocycles. The van der Waals surface area contributed by atoms with E-state index in [1.165, 1.54) is 0 Å². The van der Waals surface area contributed by atoms with Crippen molar-refractivity contribution in [3.8, 4) is 11.8 Å². The quantitative estimate of drug-likeness (QED) is 0.549. The minimum Gasteiger partial charge on any atom is -0.370 e. The number of carbonyl (C=O) groups is 1. The van der Waals surface area contributed by atoms with Gasteiger partial charge >= 0.3 is 0 Å². The van der Waals surface area contributed by atoms with Crippen molar-refractivity contribution >= 4 is 27.5 Å². The van der Waals surface area contributed by atoms with Crippen LogP contribution in [0.4, 0.5) is 5.69 Å². The van der Waals surface area contributed by atoms with Gasteiger partial charge in [-0.1, -0.05) is 21.1 Å². The van der Waals surface area contributed by atoms with Gasteiger partial charge in [0.2, 0.25) is 0 Å². The molecule has 8 heteroatoms. The minimum atomic E-state index is -0.0306. The van der Waals surface area contributed by atoms with Crippen LogP contribution in [0.1, 0.15) is 46.9 Å². The molecule has 7 nitrogen and oxygen atoms in total. The van der Waals surface area contributed by atoms with Gasteiger partial charge in [-0.2, -0.15) is 5.26 Å². The van der Waals surface area contributed by atoms with E-state index in [0.29, 0.717) is 30.3 Å². The number of carbonyl (C=O) groups excluding carboxylic acids is 1. The lowest BCUT2D eigenvalue weighted by atomic mass is 10.2. The fourth-order valence-corrected chi connectivity index (χ4v) is 4.48. The standard InChI is InChI=1S/C24H23BrN6O/c25-19-6-10-21(11-7-19)31-23(18-4-5-18)22(27-28-31)24(32)30-13-1-12-29(14-15-30)20-8-2-17(16-26)3-9-20/h2-3,6-11,18H,1,4-5,12-15H2. The Bertz CT molecular complexity index is 1160. The monoisotopic (exact) mass is 490 g/mol. The van der Waals surface area contributed by atoms with Crippen LogP contribution in [0.2, 0.25) is 0 Å². The average molecular weight is 491 g/mol. The summed E-state index contributed by atoms with van der Waals surface area (Å²) < 4.78 is 2.83. The number of aromatic nitrogens is 3. The molecule has 2 fully saturated rings. The van der Waals surface area contributed by atoms with Gasteiger partial charge in [0.15, 0.2) is 5.69 Å². The summed E-state index contributed by atoms with van der Waals surface area (Å²) in [7, 11) is 0. The number of halogens is 1. The topological polar surface area (TPSA) is 78.1 Å². The van der Waals surface area contributed by atoms with Gasteiger partial charge in [0.25, 0.3) is 5.91 Å². The smallest absolute Gasteiger partial charge is 0.276 e. The Morgan fingerprint density at radius 1 is 0.969 bits per heavy atom. The van der Waals surface area contributed by atoms with Crippen LogP contribution in [0.5, 0.6) is 0 Å². The first-order valence-corrected chi connectivity index (χ1v) is 11.7. The van der Waals surface area contributed by atoms with Gasteiger partial charge in [0, 0.05) is 42.3 Å². The molecule has 162 valence electrons. The zero-order chi connectivity index (χ0) is 22.1. The molecule has 2 heterocycles. The van der Waals surface area contributed by atoms with Crippen LogP contribution in [0.25, 0.3) is 5.69 Å². The second kappa shape index (κ2) is 8.75. The summed E-state index contributed by atoms with van der Waals surface area (Å²) in [6.07, 6.45) is 3.01. The van der Waals surface area contributed by atoms with Crippen LogP contribution in [0.15, 0.2) is 53.0 Å². The van der Waals surface area contributed by atoms with E-state index in [-0.39, 0.29) is 5.91 Å². The Balaban J connectivity index is 1.35. The van der Waals surface area contributed by atoms with Gasteiger partial charge < -0.3 is 9.80 Å². The molecule has 0 radical (unpaired) electrons. The molecule has 1 aliphatic carbocycles. The maximum Gasteiger partial charge on any atom is 0.276 e. The van der Waals surface area contributed by atoms with Gasteiger partial charge in [-0.05, 0) is 67.8 Å². The van der Waals surface area contributed by atoms with Gasteiger partial charge in [-0.25, -0.2) is 4.68 Å². The fourth-order valence-electron chi connectivity index (χ4n) is 4.21. The summed E-state index contributed by atoms with van der Waals surface area (Å²) in [5, 5.41) is 17.7. The van der Waals surface area contributed by atoms with Crippen molar-refractivity contribution in [1.29, 1.82) is 5.26 Å². The molecule has 1 amide bonds. The average Bonchev–Trinajstić information content (AvgIpc) is 3.62. The van der Waals surface area contributed by atoms with Gasteiger partial charge in [-0.3, -0.25) is 4.79 Å². The Morgan fingerprint density at radius 2 is 1.69 bits per heavy atom. The lowest BCUT2D eigenvalue weighted by Crippen LogP contribution is -2.36. The first-order valence-electron chi connectivity index (χ1n) is 10.9. The van der Waals surface area contributed by atoms with Gasteiger partial charge in [0.1, 0.15) is 0 Å². The van der Waals surface area contributed by atoms with Crippen LogP contribution in [0.3, 0.4) is 0 Å². The SMILES string of the molecule is N#Cc1ccc(N2CCCN(C(=O)c3nnn(-c4ccc(Br)cc4)c3C3CC3)CC2)cc1. The van der Waals surface area contributed by atoms with E-state index in [9.17, 15) is 4.79 Å². The summed E-state index contributed by atoms with van der Waals surface area (Å²) in [5.74, 6) is 0.312. The summed E-state index contributed by atoms with van der Waals surface area (Å²) >= 11 is 3.47. The normalized spacial score (nSPS) is 16.5. The van der Waals surface area contributed by atoms with Crippen molar-refractivity contribution in [2.45, 2.75) is 25.2 Å². The van der Waals surface area contributed by atoms with E-state index in [2.05, 4.69) is 37.2 Å². The third-order valence-corrected chi connectivity index (χ3v) is 6.62. The molecule has 1 aliphatic heterocycles. The second-order valence-corrected chi connectivity index (χ2v) is 9.19. The van der Waals surface area contributed by atoms with E-state index in [1.54, 1.807) is 0 Å². The van der Waals surface area contributed by atoms with Crippen LogP contribution >= 0.6 is 15.9 Å². The first kappa shape index (κ1) is 20.7. The highest BCUT2D eigenvalue weighted by atomic mass is 79.9. The summed E-state index contributed by atoms with van der Waals surface area (Å²) in [5.41, 5.74) is 4.08. The highest BCUT2D eigenvalue weighted by Gasteiger charge is 2.36. The van der Waals surface area contributed by atoms with E-state index >= 15 is 0 Å². The molecule has 1 saturated carbocycles. The van der Waals surface area contributed by atoms with Crippen LogP contribution < -0.4 is 4.90 Å². The van der Waals surface area contributed by atoms with Crippen molar-refractivity contribution in [2.75, 3.05) is 31.1 Å². The van der Waals surface area contributed by atoms with Crippen LogP contribution in [-0.2, 0) is 0 Å². The molecule has 0 spiro atoms. The number of amides is 1. The van der Waals surface area contributed by atoms with Crippen LogP contribution in [-0.4, -0.2) is 52.0 Å². The minimum absolute atomic E-state index is 0.0306. The first-order chi connectivity index (χ1) is 15.6. The lowest BCUT2D eigenvalue weighted by molar-refractivity contribution is 0.0760. The number of rotatable bonds is 4. The largest absolute Gasteiger partial charge is 0.370 e. The highest BCUT2D eigenvalue weighted by Crippen LogP contribution is 2.42. The van der Waals surface area contributed by atoms with Gasteiger partial charge in [0.05, 0.1) is 23.0 Å². The number of anilines is 1. The molecule has 0 unspecified atom stereocenters. The van der Waals surface area contributed by atoms with Crippen molar-refractivity contribution < 1.29 is 4.79 Å². The zero-order valence-corrected chi connectivity index (χ0v) is 19.2. The molecule has 3 aromatic rings. The van der Waals surface area contributed by atoms with E-state index in [4.69, 9.17) is 5.26 Å².